The quantitative estimate of drug-likeness (QED) is 0.453. The number of carbonyl (C=O) groups excluding carboxylic acids is 1. The van der Waals surface area contributed by atoms with E-state index in [1.165, 1.54) is 5.48 Å². The number of carbonyl (C=O) groups is 1. The molecule has 1 atom stereocenters. The fraction of sp³-hybridized carbons (Fsp3) is 0.357. The van der Waals surface area contributed by atoms with E-state index in [1.807, 2.05) is 6.07 Å². The van der Waals surface area contributed by atoms with Gasteiger partial charge < -0.3 is 0 Å². The number of benzene rings is 1. The van der Waals surface area contributed by atoms with Crippen molar-refractivity contribution in [2.45, 2.75) is 10.4 Å². The Bertz CT molecular complexity index is 1070. The van der Waals surface area contributed by atoms with Crippen molar-refractivity contribution in [3.8, 4) is 10.6 Å². The van der Waals surface area contributed by atoms with E-state index in [2.05, 4.69) is 10.2 Å². The fourth-order valence-electron chi connectivity index (χ4n) is 2.73. The van der Waals surface area contributed by atoms with Crippen LogP contribution in [0.2, 0.25) is 0 Å². The average Bonchev–Trinajstić information content (AvgIpc) is 3.18. The number of sulfonamides is 2. The van der Waals surface area contributed by atoms with Gasteiger partial charge in [-0.25, -0.2) is 22.3 Å². The first-order valence-electron chi connectivity index (χ1n) is 7.94. The number of aromatic nitrogens is 2. The molecule has 152 valence electrons. The van der Waals surface area contributed by atoms with Gasteiger partial charge in [-0.1, -0.05) is 41.7 Å². The third-order valence-electron chi connectivity index (χ3n) is 4.13. The van der Waals surface area contributed by atoms with E-state index >= 15 is 0 Å². The molecule has 0 bridgehead atoms. The van der Waals surface area contributed by atoms with Gasteiger partial charge in [0.2, 0.25) is 14.4 Å². The minimum atomic E-state index is -4.24. The van der Waals surface area contributed by atoms with Crippen LogP contribution >= 0.6 is 11.3 Å². The molecule has 0 saturated carbocycles. The van der Waals surface area contributed by atoms with Gasteiger partial charge in [0.15, 0.2) is 0 Å². The Morgan fingerprint density at radius 2 is 1.86 bits per heavy atom. The summed E-state index contributed by atoms with van der Waals surface area (Å²) in [5, 5.41) is 17.0. The van der Waals surface area contributed by atoms with Gasteiger partial charge in [-0.15, -0.1) is 10.2 Å². The van der Waals surface area contributed by atoms with Crippen LogP contribution in [-0.2, 0) is 24.8 Å². The molecule has 0 radical (unpaired) electrons. The van der Waals surface area contributed by atoms with E-state index in [-0.39, 0.29) is 17.4 Å². The Hall–Kier alpha value is -1.97. The Balaban J connectivity index is 1.94. The van der Waals surface area contributed by atoms with Crippen LogP contribution in [0.25, 0.3) is 10.6 Å². The first-order chi connectivity index (χ1) is 13.1. The maximum atomic E-state index is 13.0. The van der Waals surface area contributed by atoms with Gasteiger partial charge in [0.25, 0.3) is 15.9 Å². The van der Waals surface area contributed by atoms with Crippen LogP contribution in [0, 0.1) is 0 Å². The van der Waals surface area contributed by atoms with E-state index < -0.39 is 38.5 Å². The van der Waals surface area contributed by atoms with Crippen LogP contribution in [0.3, 0.4) is 0 Å². The Kier molecular flexibility index (Phi) is 5.79. The van der Waals surface area contributed by atoms with E-state index in [0.717, 1.165) is 26.2 Å². The van der Waals surface area contributed by atoms with Crippen molar-refractivity contribution in [3.05, 3.63) is 30.3 Å². The van der Waals surface area contributed by atoms with E-state index in [9.17, 15) is 21.6 Å². The molecule has 1 aromatic heterocycles. The largest absolute Gasteiger partial charge is 0.289 e. The van der Waals surface area contributed by atoms with Crippen molar-refractivity contribution < 1.29 is 26.8 Å². The molecule has 2 aromatic rings. The highest BCUT2D eigenvalue weighted by molar-refractivity contribution is 7.91. The molecule has 1 aliphatic heterocycles. The Morgan fingerprint density at radius 3 is 2.46 bits per heavy atom. The first-order valence-corrected chi connectivity index (χ1v) is 12.0. The van der Waals surface area contributed by atoms with E-state index in [4.69, 9.17) is 5.21 Å². The summed E-state index contributed by atoms with van der Waals surface area (Å²) in [5.41, 5.74) is 2.08. The third-order valence-corrected chi connectivity index (χ3v) is 8.63. The summed E-state index contributed by atoms with van der Waals surface area (Å²) in [4.78, 5) is 12.0. The van der Waals surface area contributed by atoms with Crippen LogP contribution < -0.4 is 5.48 Å². The van der Waals surface area contributed by atoms with Gasteiger partial charge in [-0.05, 0) is 0 Å². The minimum Gasteiger partial charge on any atom is -0.289 e. The number of piperazine rings is 1. The highest BCUT2D eigenvalue weighted by atomic mass is 32.2. The minimum absolute atomic E-state index is 0.127. The molecule has 0 aliphatic carbocycles. The summed E-state index contributed by atoms with van der Waals surface area (Å²) in [5.74, 6) is -1.04. The normalized spacial score (nSPS) is 19.4. The molecule has 28 heavy (non-hydrogen) atoms. The second kappa shape index (κ2) is 7.81. The van der Waals surface area contributed by atoms with Gasteiger partial charge in [0.1, 0.15) is 11.0 Å². The third kappa shape index (κ3) is 4.06. The van der Waals surface area contributed by atoms with Crippen LogP contribution in [0.5, 0.6) is 0 Å². The molecule has 1 aromatic carbocycles. The molecule has 1 aliphatic rings. The maximum absolute atomic E-state index is 13.0. The molecule has 11 nitrogen and oxygen atoms in total. The van der Waals surface area contributed by atoms with Crippen molar-refractivity contribution in [3.63, 3.8) is 0 Å². The number of nitrogens with zero attached hydrogens (tertiary/aromatic N) is 4. The lowest BCUT2D eigenvalue weighted by Crippen LogP contribution is -2.60. The molecule has 3 rings (SSSR count). The SMILES string of the molecule is CS(=O)(=O)N1CCN(S(=O)(=O)c2nnc(-c3ccccc3)s2)[C@@H](C(=O)NO)C1. The molecule has 0 spiro atoms. The molecule has 1 fully saturated rings. The number of hydrogen-bond donors (Lipinski definition) is 2. The maximum Gasteiger partial charge on any atom is 0.273 e. The first kappa shape index (κ1) is 20.8. The highest BCUT2D eigenvalue weighted by Gasteiger charge is 2.43. The van der Waals surface area contributed by atoms with Crippen LogP contribution in [0.4, 0.5) is 0 Å². The summed E-state index contributed by atoms with van der Waals surface area (Å²) in [6.45, 7) is -0.819. The summed E-state index contributed by atoms with van der Waals surface area (Å²) in [6, 6.07) is 7.42. The second-order valence-corrected chi connectivity index (χ2v) is 11.0. The van der Waals surface area contributed by atoms with E-state index in [1.54, 1.807) is 24.3 Å². The zero-order valence-electron chi connectivity index (χ0n) is 14.6. The number of hydroxylamine groups is 1. The van der Waals surface area contributed by atoms with Crippen molar-refractivity contribution in [2.24, 2.45) is 0 Å². The summed E-state index contributed by atoms with van der Waals surface area (Å²) in [7, 11) is -7.88. The Morgan fingerprint density at radius 1 is 1.18 bits per heavy atom. The molecular weight excluding hydrogens is 430 g/mol. The van der Waals surface area contributed by atoms with Gasteiger partial charge in [-0.3, -0.25) is 10.0 Å². The highest BCUT2D eigenvalue weighted by Crippen LogP contribution is 2.29. The molecular formula is C14H17N5O6S3. The van der Waals surface area contributed by atoms with Crippen molar-refractivity contribution in [1.29, 1.82) is 0 Å². The van der Waals surface area contributed by atoms with Crippen molar-refractivity contribution in [2.75, 3.05) is 25.9 Å². The summed E-state index contributed by atoms with van der Waals surface area (Å²) >= 11 is 0.836. The zero-order valence-corrected chi connectivity index (χ0v) is 17.0. The van der Waals surface area contributed by atoms with Gasteiger partial charge in [-0.2, -0.15) is 8.61 Å². The number of amides is 1. The summed E-state index contributed by atoms with van der Waals surface area (Å²) in [6.07, 6.45) is 0.960. The fourth-order valence-corrected chi connectivity index (χ4v) is 6.25. The number of rotatable bonds is 5. The second-order valence-electron chi connectivity index (χ2n) is 5.97. The smallest absolute Gasteiger partial charge is 0.273 e. The standard InChI is InChI=1S/C14H17N5O6S3/c1-27(22,23)18-7-8-19(11(9-18)12(20)17-21)28(24,25)14-16-15-13(26-14)10-5-3-2-4-6-10/h2-6,11,21H,7-9H2,1H3,(H,17,20)/t11-/m1/s1. The predicted molar refractivity (Wildman–Crippen MR) is 99.4 cm³/mol. The molecule has 0 unspecified atom stereocenters. The van der Waals surface area contributed by atoms with Gasteiger partial charge in [0.05, 0.1) is 6.26 Å². The monoisotopic (exact) mass is 447 g/mol. The molecule has 1 amide bonds. The van der Waals surface area contributed by atoms with Crippen molar-refractivity contribution >= 4 is 37.3 Å². The van der Waals surface area contributed by atoms with Crippen LogP contribution in [-0.4, -0.2) is 78.7 Å². The number of nitrogens with one attached hydrogen (secondary N) is 1. The van der Waals surface area contributed by atoms with Gasteiger partial charge in [0, 0.05) is 25.2 Å². The molecule has 14 heteroatoms. The molecule has 1 saturated heterocycles. The molecule has 2 heterocycles. The van der Waals surface area contributed by atoms with Crippen LogP contribution in [0.1, 0.15) is 0 Å². The Labute approximate surface area is 165 Å². The van der Waals surface area contributed by atoms with E-state index in [0.29, 0.717) is 10.6 Å². The summed E-state index contributed by atoms with van der Waals surface area (Å²) < 4.78 is 51.1. The lowest BCUT2D eigenvalue weighted by molar-refractivity contribution is -0.134. The predicted octanol–water partition coefficient (Wildman–Crippen LogP) is -0.655. The van der Waals surface area contributed by atoms with Crippen LogP contribution in [0.15, 0.2) is 34.7 Å². The zero-order chi connectivity index (χ0) is 20.5. The van der Waals surface area contributed by atoms with Crippen molar-refractivity contribution in [1.82, 2.24) is 24.3 Å². The lowest BCUT2D eigenvalue weighted by Gasteiger charge is -2.37. The lowest BCUT2D eigenvalue weighted by atomic mass is 10.2. The van der Waals surface area contributed by atoms with Gasteiger partial charge >= 0.3 is 0 Å². The average molecular weight is 448 g/mol. The molecule has 2 N–H and O–H groups in total. The topological polar surface area (TPSA) is 150 Å². The number of hydrogen-bond acceptors (Lipinski definition) is 9.